The van der Waals surface area contributed by atoms with Crippen LogP contribution in [0.25, 0.3) is 0 Å². The van der Waals surface area contributed by atoms with E-state index in [1.165, 1.54) is 17.9 Å². The molecule has 0 aromatic carbocycles. The Bertz CT molecular complexity index is 339. The van der Waals surface area contributed by atoms with E-state index in [2.05, 4.69) is 0 Å². The fourth-order valence-electron chi connectivity index (χ4n) is 3.22. The Balaban J connectivity index is 1.88. The summed E-state index contributed by atoms with van der Waals surface area (Å²) in [6.45, 7) is 3.96. The second kappa shape index (κ2) is 4.69. The van der Waals surface area contributed by atoms with Gasteiger partial charge in [0.05, 0.1) is 10.2 Å². The molecule has 5 heteroatoms. The number of thioether (sulfide) groups is 2. The smallest absolute Gasteiger partial charge is 0.163 e. The molecule has 0 amide bonds. The molecule has 0 N–H and O–H groups in total. The number of rotatable bonds is 1. The first-order valence-electron chi connectivity index (χ1n) is 6.63. The van der Waals surface area contributed by atoms with Crippen LogP contribution in [0.1, 0.15) is 33.1 Å². The van der Waals surface area contributed by atoms with Crippen molar-refractivity contribution in [2.24, 2.45) is 5.92 Å². The van der Waals surface area contributed by atoms with E-state index in [1.54, 1.807) is 0 Å². The van der Waals surface area contributed by atoms with E-state index in [-0.39, 0.29) is 22.2 Å². The van der Waals surface area contributed by atoms with Crippen LogP contribution < -0.4 is 0 Å². The third-order valence-electron chi connectivity index (χ3n) is 3.87. The summed E-state index contributed by atoms with van der Waals surface area (Å²) >= 11 is 3.96. The lowest BCUT2D eigenvalue weighted by Gasteiger charge is -2.46. The minimum atomic E-state index is -0.501. The normalized spacial score (nSPS) is 41.6. The van der Waals surface area contributed by atoms with E-state index in [4.69, 9.17) is 9.47 Å². The van der Waals surface area contributed by atoms with Gasteiger partial charge in [-0.3, -0.25) is 0 Å². The quantitative estimate of drug-likeness (QED) is 0.693. The number of hydrogen-bond donors (Lipinski definition) is 0. The largest absolute Gasteiger partial charge is 0.344 e. The van der Waals surface area contributed by atoms with E-state index in [1.807, 2.05) is 37.4 Å². The first-order valence-corrected chi connectivity index (χ1v) is 8.61. The van der Waals surface area contributed by atoms with Crippen LogP contribution >= 0.6 is 23.5 Å². The Hall–Kier alpha value is 0.290. The van der Waals surface area contributed by atoms with Crippen molar-refractivity contribution in [1.29, 1.82) is 0 Å². The fourth-order valence-corrected chi connectivity index (χ4v) is 6.90. The second-order valence-electron chi connectivity index (χ2n) is 5.79. The van der Waals surface area contributed by atoms with Crippen molar-refractivity contribution in [1.82, 2.24) is 0 Å². The lowest BCUT2D eigenvalue weighted by molar-refractivity contribution is -0.146. The van der Waals surface area contributed by atoms with Crippen molar-refractivity contribution in [3.63, 3.8) is 0 Å². The molecule has 3 atom stereocenters. The van der Waals surface area contributed by atoms with E-state index < -0.39 is 5.79 Å². The first kappa shape index (κ1) is 13.3. The number of hydrogen-bond acceptors (Lipinski definition) is 5. The van der Waals surface area contributed by atoms with E-state index >= 15 is 0 Å². The maximum Gasteiger partial charge on any atom is 0.163 e. The average Bonchev–Trinajstić information content (AvgIpc) is 2.65. The van der Waals surface area contributed by atoms with Gasteiger partial charge in [-0.1, -0.05) is 0 Å². The summed E-state index contributed by atoms with van der Waals surface area (Å²) in [5.74, 6) is 1.97. The van der Waals surface area contributed by atoms with Gasteiger partial charge in [-0.05, 0) is 44.6 Å². The minimum absolute atomic E-state index is 0.0422. The van der Waals surface area contributed by atoms with Crippen LogP contribution in [0.5, 0.6) is 0 Å². The van der Waals surface area contributed by atoms with Gasteiger partial charge in [0.25, 0.3) is 0 Å². The molecule has 2 aliphatic heterocycles. The van der Waals surface area contributed by atoms with Crippen LogP contribution in [0.2, 0.25) is 0 Å². The molecule has 3 rings (SSSR count). The van der Waals surface area contributed by atoms with Crippen LogP contribution in [0.3, 0.4) is 0 Å². The molecule has 102 valence electrons. The molecule has 3 fully saturated rings. The summed E-state index contributed by atoms with van der Waals surface area (Å²) in [4.78, 5) is 11.2. The van der Waals surface area contributed by atoms with E-state index in [0.29, 0.717) is 0 Å². The predicted octanol–water partition coefficient (Wildman–Crippen LogP) is 2.68. The molecular formula is C13H20O3S2. The maximum atomic E-state index is 11.2. The Morgan fingerprint density at radius 3 is 2.61 bits per heavy atom. The average molecular weight is 288 g/mol. The molecule has 1 saturated carbocycles. The molecule has 0 aromatic heterocycles. The SMILES string of the molecule is CC1(C)O[C@@H]2[C@@H](C[C@@H](C=O)CC23SCCCS3)O1. The van der Waals surface area contributed by atoms with Crippen LogP contribution in [0, 0.1) is 5.92 Å². The van der Waals surface area contributed by atoms with Gasteiger partial charge < -0.3 is 14.3 Å². The van der Waals surface area contributed by atoms with E-state index in [0.717, 1.165) is 19.1 Å². The molecule has 18 heavy (non-hydrogen) atoms. The van der Waals surface area contributed by atoms with E-state index in [9.17, 15) is 4.79 Å². The number of carbonyl (C=O) groups excluding carboxylic acids is 1. The molecule has 1 aliphatic carbocycles. The second-order valence-corrected chi connectivity index (χ2v) is 8.90. The molecule has 2 saturated heterocycles. The zero-order valence-corrected chi connectivity index (χ0v) is 12.5. The van der Waals surface area contributed by atoms with Crippen molar-refractivity contribution in [3.8, 4) is 0 Å². The minimum Gasteiger partial charge on any atom is -0.344 e. The highest BCUT2D eigenvalue weighted by Gasteiger charge is 2.57. The summed E-state index contributed by atoms with van der Waals surface area (Å²) in [5, 5.41) is 0. The molecule has 3 aliphatic rings. The predicted molar refractivity (Wildman–Crippen MR) is 74.9 cm³/mol. The zero-order valence-electron chi connectivity index (χ0n) is 10.9. The molecule has 2 heterocycles. The standard InChI is InChI=1S/C13H20O3S2/c1-12(2)15-10-6-9(8-14)7-13(11(10)16-12)17-4-3-5-18-13/h8-11H,3-7H2,1-2H3/t9-,10-,11-/m1/s1. The summed E-state index contributed by atoms with van der Waals surface area (Å²) in [5.41, 5.74) is 0. The summed E-state index contributed by atoms with van der Waals surface area (Å²) in [6, 6.07) is 0. The molecule has 0 unspecified atom stereocenters. The Kier molecular flexibility index (Phi) is 3.46. The highest BCUT2D eigenvalue weighted by atomic mass is 32.2. The van der Waals surface area contributed by atoms with Gasteiger partial charge in [0, 0.05) is 5.92 Å². The topological polar surface area (TPSA) is 35.5 Å². The zero-order chi connectivity index (χ0) is 12.8. The Labute approximate surface area is 117 Å². The van der Waals surface area contributed by atoms with Crippen molar-refractivity contribution in [3.05, 3.63) is 0 Å². The first-order chi connectivity index (χ1) is 8.55. The van der Waals surface area contributed by atoms with Crippen LogP contribution in [0.4, 0.5) is 0 Å². The molecule has 0 radical (unpaired) electrons. The van der Waals surface area contributed by atoms with Crippen molar-refractivity contribution in [2.45, 2.75) is 55.2 Å². The summed E-state index contributed by atoms with van der Waals surface area (Å²) in [6.07, 6.45) is 4.35. The maximum absolute atomic E-state index is 11.2. The number of carbonyl (C=O) groups is 1. The Morgan fingerprint density at radius 1 is 1.22 bits per heavy atom. The highest BCUT2D eigenvalue weighted by molar-refractivity contribution is 8.18. The lowest BCUT2D eigenvalue weighted by Crippen LogP contribution is -2.50. The van der Waals surface area contributed by atoms with Gasteiger partial charge in [-0.2, -0.15) is 0 Å². The Morgan fingerprint density at radius 2 is 1.94 bits per heavy atom. The van der Waals surface area contributed by atoms with Gasteiger partial charge in [0.1, 0.15) is 12.4 Å². The van der Waals surface area contributed by atoms with Crippen LogP contribution in [0.15, 0.2) is 0 Å². The summed E-state index contributed by atoms with van der Waals surface area (Å²) < 4.78 is 12.2. The molecule has 0 aromatic rings. The molecule has 0 bridgehead atoms. The highest BCUT2D eigenvalue weighted by Crippen LogP contribution is 2.57. The number of ether oxygens (including phenoxy) is 2. The van der Waals surface area contributed by atoms with Crippen molar-refractivity contribution >= 4 is 29.8 Å². The van der Waals surface area contributed by atoms with Gasteiger partial charge in [0.2, 0.25) is 0 Å². The fraction of sp³-hybridized carbons (Fsp3) is 0.923. The van der Waals surface area contributed by atoms with Gasteiger partial charge in [-0.25, -0.2) is 0 Å². The molecular weight excluding hydrogens is 268 g/mol. The number of fused-ring (bicyclic) bond motifs is 2. The third kappa shape index (κ3) is 2.23. The van der Waals surface area contributed by atoms with Crippen LogP contribution in [-0.2, 0) is 14.3 Å². The number of aldehydes is 1. The molecule has 3 nitrogen and oxygen atoms in total. The monoisotopic (exact) mass is 288 g/mol. The summed E-state index contributed by atoms with van der Waals surface area (Å²) in [7, 11) is 0. The van der Waals surface area contributed by atoms with Crippen molar-refractivity contribution < 1.29 is 14.3 Å². The van der Waals surface area contributed by atoms with Gasteiger partial charge in [-0.15, -0.1) is 23.5 Å². The van der Waals surface area contributed by atoms with Crippen LogP contribution in [-0.4, -0.2) is 39.9 Å². The molecule has 1 spiro atoms. The van der Waals surface area contributed by atoms with Gasteiger partial charge in [0.15, 0.2) is 5.79 Å². The van der Waals surface area contributed by atoms with Gasteiger partial charge >= 0.3 is 0 Å². The van der Waals surface area contributed by atoms with Crippen molar-refractivity contribution in [2.75, 3.05) is 11.5 Å². The third-order valence-corrected chi connectivity index (χ3v) is 7.34. The lowest BCUT2D eigenvalue weighted by atomic mass is 9.85.